The minimum absolute atomic E-state index is 0.686. The number of aryl methyl sites for hydroxylation is 1. The van der Waals surface area contributed by atoms with E-state index >= 15 is 0 Å². The molecule has 0 spiro atoms. The number of unbranched alkanes of at least 4 members (excludes halogenated alkanes) is 1. The van der Waals surface area contributed by atoms with Crippen LogP contribution >= 0.6 is 0 Å². The Labute approximate surface area is 84.7 Å². The summed E-state index contributed by atoms with van der Waals surface area (Å²) in [6.45, 7) is 2.18. The summed E-state index contributed by atoms with van der Waals surface area (Å²) in [7, 11) is 0. The summed E-state index contributed by atoms with van der Waals surface area (Å²) in [6.07, 6.45) is 5.50. The second-order valence-electron chi connectivity index (χ2n) is 3.18. The molecule has 0 radical (unpaired) electrons. The van der Waals surface area contributed by atoms with Crippen LogP contribution in [0.25, 0.3) is 0 Å². The number of carbonyl (C=O) groups excluding carboxylic acids is 1. The number of rotatable bonds is 5. The Bertz CT molecular complexity index is 301. The van der Waals surface area contributed by atoms with Gasteiger partial charge in [-0.3, -0.25) is 9.79 Å². The van der Waals surface area contributed by atoms with E-state index in [2.05, 4.69) is 24.0 Å². The molecule has 1 rings (SSSR count). The number of aliphatic imine (C=N–C) groups is 1. The molecule has 2 nitrogen and oxygen atoms in total. The third-order valence-corrected chi connectivity index (χ3v) is 2.04. The molecule has 0 N–H and O–H groups in total. The summed E-state index contributed by atoms with van der Waals surface area (Å²) in [4.78, 5) is 14.0. The first-order valence-corrected chi connectivity index (χ1v) is 4.93. The lowest BCUT2D eigenvalue weighted by Gasteiger charge is -1.99. The van der Waals surface area contributed by atoms with Crippen molar-refractivity contribution in [3.8, 4) is 0 Å². The standard InChI is InChI=1S/C12H15NO/c1-2-3-4-11-5-7-12(8-6-11)13-9-10-14/h5-10H,2-4H2,1H3. The first-order valence-electron chi connectivity index (χ1n) is 4.93. The van der Waals surface area contributed by atoms with Crippen molar-refractivity contribution in [1.82, 2.24) is 0 Å². The third-order valence-electron chi connectivity index (χ3n) is 2.04. The smallest absolute Gasteiger partial charge is 0.161 e. The molecule has 0 aliphatic carbocycles. The van der Waals surface area contributed by atoms with Gasteiger partial charge in [0.25, 0.3) is 0 Å². The van der Waals surface area contributed by atoms with Gasteiger partial charge in [0.05, 0.1) is 11.9 Å². The highest BCUT2D eigenvalue weighted by molar-refractivity contribution is 6.13. The van der Waals surface area contributed by atoms with Crippen molar-refractivity contribution in [3.63, 3.8) is 0 Å². The minimum Gasteiger partial charge on any atom is -0.297 e. The van der Waals surface area contributed by atoms with E-state index in [-0.39, 0.29) is 0 Å². The normalized spacial score (nSPS) is 10.6. The SMILES string of the molecule is CCCCc1ccc(N=CC=O)cc1. The number of hydrogen-bond acceptors (Lipinski definition) is 2. The molecule has 0 aromatic heterocycles. The fraction of sp³-hybridized carbons (Fsp3) is 0.333. The van der Waals surface area contributed by atoms with Crippen LogP contribution in [0.2, 0.25) is 0 Å². The predicted molar refractivity (Wildman–Crippen MR) is 59.3 cm³/mol. The van der Waals surface area contributed by atoms with E-state index in [1.165, 1.54) is 24.6 Å². The first kappa shape index (κ1) is 10.6. The Morgan fingerprint density at radius 2 is 2.00 bits per heavy atom. The van der Waals surface area contributed by atoms with Gasteiger partial charge in [-0.15, -0.1) is 0 Å². The highest BCUT2D eigenvalue weighted by atomic mass is 16.1. The maximum absolute atomic E-state index is 10.0. The van der Waals surface area contributed by atoms with Crippen LogP contribution in [0.4, 0.5) is 5.69 Å². The van der Waals surface area contributed by atoms with E-state index in [9.17, 15) is 4.79 Å². The number of carbonyl (C=O) groups is 1. The minimum atomic E-state index is 0.686. The maximum atomic E-state index is 10.0. The van der Waals surface area contributed by atoms with Gasteiger partial charge in [0.1, 0.15) is 0 Å². The molecule has 0 saturated carbocycles. The summed E-state index contributed by atoms with van der Waals surface area (Å²) in [5, 5.41) is 0. The van der Waals surface area contributed by atoms with Crippen LogP contribution in [0.3, 0.4) is 0 Å². The topological polar surface area (TPSA) is 29.4 Å². The van der Waals surface area contributed by atoms with Crippen LogP contribution in [0.1, 0.15) is 25.3 Å². The van der Waals surface area contributed by atoms with Gasteiger partial charge in [-0.25, -0.2) is 0 Å². The second-order valence-corrected chi connectivity index (χ2v) is 3.18. The zero-order chi connectivity index (χ0) is 10.2. The van der Waals surface area contributed by atoms with Crippen molar-refractivity contribution >= 4 is 18.2 Å². The highest BCUT2D eigenvalue weighted by Gasteiger charge is 1.92. The molecule has 0 unspecified atom stereocenters. The van der Waals surface area contributed by atoms with Crippen LogP contribution in [0.15, 0.2) is 29.3 Å². The average Bonchev–Trinajstić information content (AvgIpc) is 2.25. The quantitative estimate of drug-likeness (QED) is 0.517. The number of hydrogen-bond donors (Lipinski definition) is 0. The van der Waals surface area contributed by atoms with E-state index in [4.69, 9.17) is 0 Å². The van der Waals surface area contributed by atoms with E-state index in [0.717, 1.165) is 12.1 Å². The van der Waals surface area contributed by atoms with Gasteiger partial charge in [0.2, 0.25) is 0 Å². The molecule has 1 aromatic carbocycles. The van der Waals surface area contributed by atoms with Crippen molar-refractivity contribution in [2.75, 3.05) is 0 Å². The van der Waals surface area contributed by atoms with Gasteiger partial charge in [-0.05, 0) is 30.5 Å². The van der Waals surface area contributed by atoms with Crippen LogP contribution in [-0.2, 0) is 11.2 Å². The Morgan fingerprint density at radius 3 is 2.57 bits per heavy atom. The highest BCUT2D eigenvalue weighted by Crippen LogP contribution is 2.13. The Morgan fingerprint density at radius 1 is 1.29 bits per heavy atom. The largest absolute Gasteiger partial charge is 0.297 e. The van der Waals surface area contributed by atoms with Crippen LogP contribution in [0, 0.1) is 0 Å². The van der Waals surface area contributed by atoms with Gasteiger partial charge in [0.15, 0.2) is 6.29 Å². The lowest BCUT2D eigenvalue weighted by molar-refractivity contribution is -0.102. The lowest BCUT2D eigenvalue weighted by Crippen LogP contribution is -1.83. The van der Waals surface area contributed by atoms with Crippen molar-refractivity contribution in [2.45, 2.75) is 26.2 Å². The van der Waals surface area contributed by atoms with Gasteiger partial charge in [0, 0.05) is 0 Å². The number of nitrogens with zero attached hydrogens (tertiary/aromatic N) is 1. The van der Waals surface area contributed by atoms with Gasteiger partial charge in [-0.1, -0.05) is 25.5 Å². The average molecular weight is 189 g/mol. The molecule has 14 heavy (non-hydrogen) atoms. The van der Waals surface area contributed by atoms with Gasteiger partial charge >= 0.3 is 0 Å². The van der Waals surface area contributed by atoms with Gasteiger partial charge < -0.3 is 0 Å². The third kappa shape index (κ3) is 3.52. The Balaban J connectivity index is 2.59. The van der Waals surface area contributed by atoms with E-state index in [1.54, 1.807) is 0 Å². The summed E-state index contributed by atoms with van der Waals surface area (Å²) < 4.78 is 0. The molecular weight excluding hydrogens is 174 g/mol. The molecule has 0 bridgehead atoms. The van der Waals surface area contributed by atoms with Crippen molar-refractivity contribution in [3.05, 3.63) is 29.8 Å². The molecule has 2 heteroatoms. The predicted octanol–water partition coefficient (Wildman–Crippen LogP) is 2.93. The molecule has 74 valence electrons. The van der Waals surface area contributed by atoms with Crippen molar-refractivity contribution in [1.29, 1.82) is 0 Å². The Kier molecular flexibility index (Phi) is 4.62. The molecule has 0 aliphatic heterocycles. The lowest BCUT2D eigenvalue weighted by atomic mass is 10.1. The second kappa shape index (κ2) is 6.08. The van der Waals surface area contributed by atoms with Crippen LogP contribution in [0.5, 0.6) is 0 Å². The van der Waals surface area contributed by atoms with Crippen molar-refractivity contribution in [2.24, 2.45) is 4.99 Å². The molecule has 0 saturated heterocycles. The molecule has 0 fully saturated rings. The van der Waals surface area contributed by atoms with Crippen molar-refractivity contribution < 1.29 is 4.79 Å². The zero-order valence-corrected chi connectivity index (χ0v) is 8.44. The van der Waals surface area contributed by atoms with Crippen LogP contribution < -0.4 is 0 Å². The fourth-order valence-corrected chi connectivity index (χ4v) is 1.25. The van der Waals surface area contributed by atoms with E-state index in [0.29, 0.717) is 6.29 Å². The Hall–Kier alpha value is -1.44. The zero-order valence-electron chi connectivity index (χ0n) is 8.44. The summed E-state index contributed by atoms with van der Waals surface area (Å²) >= 11 is 0. The molecule has 1 aromatic rings. The summed E-state index contributed by atoms with van der Waals surface area (Å²) in [5.41, 5.74) is 2.16. The molecule has 0 amide bonds. The first-order chi connectivity index (χ1) is 6.86. The molecule has 0 aliphatic rings. The molecule has 0 heterocycles. The number of benzene rings is 1. The fourth-order valence-electron chi connectivity index (χ4n) is 1.25. The van der Waals surface area contributed by atoms with E-state index < -0.39 is 0 Å². The van der Waals surface area contributed by atoms with Crippen LogP contribution in [-0.4, -0.2) is 12.5 Å². The van der Waals surface area contributed by atoms with Gasteiger partial charge in [-0.2, -0.15) is 0 Å². The maximum Gasteiger partial charge on any atom is 0.161 e. The summed E-state index contributed by atoms with van der Waals surface area (Å²) in [5.74, 6) is 0. The molecular formula is C12H15NO. The monoisotopic (exact) mass is 189 g/mol. The van der Waals surface area contributed by atoms with E-state index in [1.807, 2.05) is 12.1 Å². The molecule has 0 atom stereocenters. The summed E-state index contributed by atoms with van der Waals surface area (Å²) in [6, 6.07) is 8.00. The number of aldehydes is 1.